The fourth-order valence-electron chi connectivity index (χ4n) is 4.95. The third kappa shape index (κ3) is 7.83. The maximum Gasteiger partial charge on any atom is 0.325 e. The van der Waals surface area contributed by atoms with Gasteiger partial charge in [-0.2, -0.15) is 0 Å². The van der Waals surface area contributed by atoms with E-state index in [9.17, 15) is 14.4 Å². The van der Waals surface area contributed by atoms with Gasteiger partial charge >= 0.3 is 12.0 Å². The summed E-state index contributed by atoms with van der Waals surface area (Å²) in [4.78, 5) is 46.5. The minimum atomic E-state index is -0.402. The van der Waals surface area contributed by atoms with Crippen molar-refractivity contribution in [2.45, 2.75) is 52.5 Å². The smallest absolute Gasteiger partial charge is 0.325 e. The highest BCUT2D eigenvalue weighted by Crippen LogP contribution is 2.31. The highest BCUT2D eigenvalue weighted by Gasteiger charge is 2.26. The van der Waals surface area contributed by atoms with Gasteiger partial charge in [-0.25, -0.2) is 9.78 Å². The van der Waals surface area contributed by atoms with E-state index < -0.39 is 6.03 Å². The van der Waals surface area contributed by atoms with Crippen LogP contribution < -0.4 is 10.6 Å². The van der Waals surface area contributed by atoms with Crippen LogP contribution in [0.1, 0.15) is 60.6 Å². The first-order valence-electron chi connectivity index (χ1n) is 13.2. The van der Waals surface area contributed by atoms with Crippen molar-refractivity contribution >= 4 is 39.9 Å². The molecule has 37 heavy (non-hydrogen) atoms. The van der Waals surface area contributed by atoms with Gasteiger partial charge in [0.1, 0.15) is 0 Å². The monoisotopic (exact) mass is 527 g/mol. The van der Waals surface area contributed by atoms with Gasteiger partial charge in [-0.1, -0.05) is 24.5 Å². The zero-order valence-electron chi connectivity index (χ0n) is 21.8. The van der Waals surface area contributed by atoms with Gasteiger partial charge in [0.15, 0.2) is 10.9 Å². The van der Waals surface area contributed by atoms with Crippen LogP contribution in [0.25, 0.3) is 0 Å². The molecule has 0 unspecified atom stereocenters. The molecule has 4 rings (SSSR count). The van der Waals surface area contributed by atoms with Crippen molar-refractivity contribution in [3.63, 3.8) is 0 Å². The number of thiazole rings is 1. The lowest BCUT2D eigenvalue weighted by Gasteiger charge is -2.34. The van der Waals surface area contributed by atoms with E-state index in [0.717, 1.165) is 69.7 Å². The van der Waals surface area contributed by atoms with Gasteiger partial charge in [-0.05, 0) is 38.8 Å². The van der Waals surface area contributed by atoms with Gasteiger partial charge in [0.2, 0.25) is 0 Å². The van der Waals surface area contributed by atoms with E-state index in [4.69, 9.17) is 4.74 Å². The Hall–Kier alpha value is -2.82. The zero-order valence-corrected chi connectivity index (χ0v) is 22.6. The third-order valence-corrected chi connectivity index (χ3v) is 7.78. The topological polar surface area (TPSA) is 104 Å². The number of carbonyl (C=O) groups excluding carboxylic acids is 3. The molecule has 1 aromatic heterocycles. The molecular weight excluding hydrogens is 490 g/mol. The molecule has 1 aliphatic carbocycles. The van der Waals surface area contributed by atoms with Gasteiger partial charge in [0, 0.05) is 56.1 Å². The van der Waals surface area contributed by atoms with Crippen LogP contribution in [0.2, 0.25) is 0 Å². The van der Waals surface area contributed by atoms with Crippen LogP contribution in [0.5, 0.6) is 0 Å². The van der Waals surface area contributed by atoms with Crippen molar-refractivity contribution in [3.8, 4) is 0 Å². The molecule has 0 atom stereocenters. The number of benzene rings is 1. The van der Waals surface area contributed by atoms with E-state index in [1.54, 1.807) is 6.07 Å². The molecule has 10 heteroatoms. The summed E-state index contributed by atoms with van der Waals surface area (Å²) in [6.07, 6.45) is 4.44. The fourth-order valence-corrected chi connectivity index (χ4v) is 5.65. The Morgan fingerprint density at radius 2 is 1.81 bits per heavy atom. The average molecular weight is 528 g/mol. The van der Waals surface area contributed by atoms with Crippen LogP contribution in [-0.4, -0.2) is 71.9 Å². The van der Waals surface area contributed by atoms with Gasteiger partial charge in [-0.15, -0.1) is 11.3 Å². The molecule has 200 valence electrons. The summed E-state index contributed by atoms with van der Waals surface area (Å²) in [5.41, 5.74) is 3.03. The highest BCUT2D eigenvalue weighted by molar-refractivity contribution is 7.13. The lowest BCUT2D eigenvalue weighted by Crippen LogP contribution is -2.46. The largest absolute Gasteiger partial charge is 0.466 e. The second-order valence-corrected chi connectivity index (χ2v) is 10.6. The minimum Gasteiger partial charge on any atom is -0.466 e. The van der Waals surface area contributed by atoms with E-state index in [0.29, 0.717) is 36.0 Å². The predicted molar refractivity (Wildman–Crippen MR) is 145 cm³/mol. The lowest BCUT2D eigenvalue weighted by molar-refractivity contribution is -0.143. The molecule has 2 amide bonds. The summed E-state index contributed by atoms with van der Waals surface area (Å²) in [6, 6.07) is 5.17. The van der Waals surface area contributed by atoms with Gasteiger partial charge in [-0.3, -0.25) is 19.8 Å². The molecule has 2 N–H and O–H groups in total. The number of amides is 2. The molecule has 0 radical (unpaired) electrons. The number of rotatable bonds is 10. The number of piperazine rings is 1. The standard InChI is InChI=1S/C27H37N5O4S/c1-3-36-24(33)10-11-31-12-14-32(15-13-31)17-21-18-37-27(28-21)30-26(35)29-23-9-8-19(2)16-22(23)25(34)20-6-4-5-7-20/h8-9,16,18,20H,3-7,10-15,17H2,1-2H3,(H2,28,29,30,35). The Morgan fingerprint density at radius 3 is 2.54 bits per heavy atom. The molecule has 1 saturated heterocycles. The Balaban J connectivity index is 1.25. The quantitative estimate of drug-likeness (QED) is 0.345. The first-order chi connectivity index (χ1) is 17.9. The van der Waals surface area contributed by atoms with Crippen LogP contribution in [0.15, 0.2) is 23.6 Å². The molecule has 9 nitrogen and oxygen atoms in total. The van der Waals surface area contributed by atoms with Gasteiger partial charge in [0.05, 0.1) is 24.4 Å². The number of hydrogen-bond acceptors (Lipinski definition) is 8. The van der Waals surface area contributed by atoms with Gasteiger partial charge in [0.25, 0.3) is 0 Å². The number of hydrogen-bond donors (Lipinski definition) is 2. The normalized spacial score (nSPS) is 17.0. The van der Waals surface area contributed by atoms with Crippen LogP contribution >= 0.6 is 11.3 Å². The van der Waals surface area contributed by atoms with Crippen molar-refractivity contribution in [1.29, 1.82) is 0 Å². The number of esters is 1. The minimum absolute atomic E-state index is 0.0476. The summed E-state index contributed by atoms with van der Waals surface area (Å²) in [5, 5.41) is 8.17. The zero-order chi connectivity index (χ0) is 26.2. The summed E-state index contributed by atoms with van der Waals surface area (Å²) >= 11 is 1.39. The second kappa shape index (κ2) is 13.1. The maximum absolute atomic E-state index is 13.1. The van der Waals surface area contributed by atoms with Crippen LogP contribution in [0.3, 0.4) is 0 Å². The molecule has 1 aromatic carbocycles. The highest BCUT2D eigenvalue weighted by atomic mass is 32.1. The molecule has 2 heterocycles. The van der Waals surface area contributed by atoms with Crippen LogP contribution in [0, 0.1) is 12.8 Å². The maximum atomic E-state index is 13.1. The Kier molecular flexibility index (Phi) is 9.65. The van der Waals surface area contributed by atoms with E-state index >= 15 is 0 Å². The van der Waals surface area contributed by atoms with Crippen molar-refractivity contribution in [2.24, 2.45) is 5.92 Å². The Bertz CT molecular complexity index is 1090. The van der Waals surface area contributed by atoms with Crippen molar-refractivity contribution in [3.05, 3.63) is 40.4 Å². The van der Waals surface area contributed by atoms with E-state index in [1.165, 1.54) is 11.3 Å². The molecule has 2 fully saturated rings. The molecular formula is C27H37N5O4S. The number of aryl methyl sites for hydroxylation is 1. The number of anilines is 2. The average Bonchev–Trinajstić information content (AvgIpc) is 3.57. The Labute approximate surface area is 222 Å². The number of nitrogens with one attached hydrogen (secondary N) is 2. The summed E-state index contributed by atoms with van der Waals surface area (Å²) < 4.78 is 5.01. The van der Waals surface area contributed by atoms with E-state index in [2.05, 4.69) is 25.4 Å². The third-order valence-electron chi connectivity index (χ3n) is 6.97. The molecule has 1 saturated carbocycles. The number of ether oxygens (including phenoxy) is 1. The molecule has 0 bridgehead atoms. The van der Waals surface area contributed by atoms with Crippen molar-refractivity contribution < 1.29 is 19.1 Å². The van der Waals surface area contributed by atoms with Crippen LogP contribution in [0.4, 0.5) is 15.6 Å². The first-order valence-corrected chi connectivity index (χ1v) is 14.1. The van der Waals surface area contributed by atoms with Crippen LogP contribution in [-0.2, 0) is 16.1 Å². The SMILES string of the molecule is CCOC(=O)CCN1CCN(Cc2csc(NC(=O)Nc3ccc(C)cc3C(=O)C3CCCC3)n2)CC1. The predicted octanol–water partition coefficient (Wildman–Crippen LogP) is 4.54. The number of urea groups is 1. The van der Waals surface area contributed by atoms with Crippen molar-refractivity contribution in [2.75, 3.05) is 50.0 Å². The second-order valence-electron chi connectivity index (χ2n) is 9.79. The summed E-state index contributed by atoms with van der Waals surface area (Å²) in [6.45, 7) is 9.23. The number of aromatic nitrogens is 1. The molecule has 1 aliphatic heterocycles. The van der Waals surface area contributed by atoms with E-state index in [-0.39, 0.29) is 17.7 Å². The van der Waals surface area contributed by atoms with Gasteiger partial charge < -0.3 is 15.0 Å². The summed E-state index contributed by atoms with van der Waals surface area (Å²) in [7, 11) is 0. The summed E-state index contributed by atoms with van der Waals surface area (Å²) in [5.74, 6) is 0.0240. The number of ketones is 1. The first kappa shape index (κ1) is 27.2. The fraction of sp³-hybridized carbons (Fsp3) is 0.556. The lowest BCUT2D eigenvalue weighted by atomic mass is 9.94. The molecule has 2 aromatic rings. The number of nitrogens with zero attached hydrogens (tertiary/aromatic N) is 3. The van der Waals surface area contributed by atoms with E-state index in [1.807, 2.05) is 31.4 Å². The number of carbonyl (C=O) groups is 3. The molecule has 0 spiro atoms. The van der Waals surface area contributed by atoms with Crippen molar-refractivity contribution in [1.82, 2.24) is 14.8 Å². The number of Topliss-reactive ketones (excluding diaryl/α,β-unsaturated/α-hetero) is 1. The molecule has 2 aliphatic rings. The Morgan fingerprint density at radius 1 is 1.08 bits per heavy atom.